The van der Waals surface area contributed by atoms with Gasteiger partial charge in [0.2, 0.25) is 0 Å². The van der Waals surface area contributed by atoms with Gasteiger partial charge in [-0.1, -0.05) is 24.3 Å². The van der Waals surface area contributed by atoms with Crippen LogP contribution in [0.25, 0.3) is 0 Å². The molecule has 0 fully saturated rings. The quantitative estimate of drug-likeness (QED) is 0.721. The van der Waals surface area contributed by atoms with Crippen LogP contribution in [0.4, 0.5) is 5.82 Å². The first-order valence-corrected chi connectivity index (χ1v) is 8.18. The highest BCUT2D eigenvalue weighted by molar-refractivity contribution is 9.10. The van der Waals surface area contributed by atoms with Crippen molar-refractivity contribution in [2.24, 2.45) is 7.05 Å². The first-order valence-electron chi connectivity index (χ1n) is 7.39. The minimum atomic E-state index is -0.198. The van der Waals surface area contributed by atoms with Crippen molar-refractivity contribution in [3.63, 3.8) is 0 Å². The molecule has 0 saturated heterocycles. The second kappa shape index (κ2) is 7.31. The first-order chi connectivity index (χ1) is 11.6. The summed E-state index contributed by atoms with van der Waals surface area (Å²) in [5.74, 6) is 1.09. The Morgan fingerprint density at radius 2 is 2.04 bits per heavy atom. The molecule has 0 bridgehead atoms. The maximum atomic E-state index is 12.3. The van der Waals surface area contributed by atoms with Gasteiger partial charge in [-0.05, 0) is 45.8 Å². The summed E-state index contributed by atoms with van der Waals surface area (Å²) in [6.45, 7) is 0.382. The van der Waals surface area contributed by atoms with Crippen LogP contribution in [-0.2, 0) is 13.7 Å². The van der Waals surface area contributed by atoms with Gasteiger partial charge in [-0.3, -0.25) is 9.48 Å². The lowest BCUT2D eigenvalue weighted by Crippen LogP contribution is -2.13. The lowest BCUT2D eigenvalue weighted by Gasteiger charge is -2.09. The monoisotopic (exact) mass is 385 g/mol. The molecule has 0 saturated carbocycles. The molecule has 24 heavy (non-hydrogen) atoms. The highest BCUT2D eigenvalue weighted by Gasteiger charge is 2.09. The number of aromatic nitrogens is 2. The van der Waals surface area contributed by atoms with Gasteiger partial charge >= 0.3 is 0 Å². The van der Waals surface area contributed by atoms with Crippen molar-refractivity contribution in [1.29, 1.82) is 0 Å². The van der Waals surface area contributed by atoms with Crippen molar-refractivity contribution in [2.45, 2.75) is 6.61 Å². The molecule has 1 N–H and O–H groups in total. The average molecular weight is 386 g/mol. The molecule has 1 aromatic heterocycles. The van der Waals surface area contributed by atoms with Crippen LogP contribution >= 0.6 is 15.9 Å². The zero-order valence-corrected chi connectivity index (χ0v) is 14.7. The minimum Gasteiger partial charge on any atom is -0.488 e. The number of benzene rings is 2. The van der Waals surface area contributed by atoms with Gasteiger partial charge in [0.1, 0.15) is 12.4 Å². The molecule has 6 heteroatoms. The summed E-state index contributed by atoms with van der Waals surface area (Å²) in [7, 11) is 1.80. The van der Waals surface area contributed by atoms with Gasteiger partial charge in [-0.2, -0.15) is 5.10 Å². The summed E-state index contributed by atoms with van der Waals surface area (Å²) in [5.41, 5.74) is 1.48. The Balaban J connectivity index is 1.67. The molecule has 0 spiro atoms. The van der Waals surface area contributed by atoms with E-state index < -0.39 is 0 Å². The predicted octanol–water partition coefficient (Wildman–Crippen LogP) is 4.01. The lowest BCUT2D eigenvalue weighted by molar-refractivity contribution is 0.102. The summed E-state index contributed by atoms with van der Waals surface area (Å²) in [5, 5.41) is 6.91. The number of ether oxygens (including phenoxy) is 1. The van der Waals surface area contributed by atoms with Crippen molar-refractivity contribution in [3.8, 4) is 5.75 Å². The number of hydrogen-bond donors (Lipinski definition) is 1. The van der Waals surface area contributed by atoms with Crippen LogP contribution in [0.2, 0.25) is 0 Å². The third kappa shape index (κ3) is 4.02. The van der Waals surface area contributed by atoms with Gasteiger partial charge < -0.3 is 10.1 Å². The summed E-state index contributed by atoms with van der Waals surface area (Å²) in [6.07, 6.45) is 1.78. The Bertz CT molecular complexity index is 861. The Kier molecular flexibility index (Phi) is 4.96. The molecule has 122 valence electrons. The van der Waals surface area contributed by atoms with E-state index >= 15 is 0 Å². The standard InChI is InChI=1S/C18H16BrN3O2/c1-22-10-9-17(21-22)20-18(23)14-6-4-5-13(11-14)12-24-16-8-3-2-7-15(16)19/h2-11H,12H2,1H3,(H,20,21,23). The Hall–Kier alpha value is -2.60. The number of amides is 1. The SMILES string of the molecule is Cn1ccc(NC(=O)c2cccc(COc3ccccc3Br)c2)n1. The van der Waals surface area contributed by atoms with Crippen LogP contribution in [0.1, 0.15) is 15.9 Å². The van der Waals surface area contributed by atoms with Crippen LogP contribution in [0.3, 0.4) is 0 Å². The number of anilines is 1. The normalized spacial score (nSPS) is 10.4. The molecule has 2 aromatic carbocycles. The van der Waals surface area contributed by atoms with Gasteiger partial charge in [-0.25, -0.2) is 0 Å². The Morgan fingerprint density at radius 3 is 2.79 bits per heavy atom. The Morgan fingerprint density at radius 1 is 1.21 bits per heavy atom. The number of rotatable bonds is 5. The van der Waals surface area contributed by atoms with Crippen molar-refractivity contribution in [2.75, 3.05) is 5.32 Å². The third-order valence-electron chi connectivity index (χ3n) is 3.38. The summed E-state index contributed by atoms with van der Waals surface area (Å²) in [6, 6.07) is 16.7. The molecule has 0 aliphatic rings. The summed E-state index contributed by atoms with van der Waals surface area (Å²) in [4.78, 5) is 12.3. The fourth-order valence-corrected chi connectivity index (χ4v) is 2.59. The van der Waals surface area contributed by atoms with Gasteiger partial charge in [-0.15, -0.1) is 0 Å². The van der Waals surface area contributed by atoms with E-state index in [9.17, 15) is 4.79 Å². The van der Waals surface area contributed by atoms with E-state index in [-0.39, 0.29) is 5.91 Å². The predicted molar refractivity (Wildman–Crippen MR) is 96.1 cm³/mol. The lowest BCUT2D eigenvalue weighted by atomic mass is 10.1. The van der Waals surface area contributed by atoms with Gasteiger partial charge in [0.25, 0.3) is 5.91 Å². The summed E-state index contributed by atoms with van der Waals surface area (Å²) >= 11 is 3.45. The molecule has 1 heterocycles. The smallest absolute Gasteiger partial charge is 0.256 e. The summed E-state index contributed by atoms with van der Waals surface area (Å²) < 4.78 is 8.32. The van der Waals surface area contributed by atoms with Crippen molar-refractivity contribution < 1.29 is 9.53 Å². The van der Waals surface area contributed by atoms with E-state index in [1.54, 1.807) is 30.1 Å². The molecule has 0 unspecified atom stereocenters. The number of para-hydroxylation sites is 1. The van der Waals surface area contributed by atoms with Crippen LogP contribution < -0.4 is 10.1 Å². The molecule has 0 aliphatic carbocycles. The van der Waals surface area contributed by atoms with Crippen LogP contribution in [0.5, 0.6) is 5.75 Å². The van der Waals surface area contributed by atoms with E-state index in [0.717, 1.165) is 15.8 Å². The van der Waals surface area contributed by atoms with Crippen LogP contribution in [0, 0.1) is 0 Å². The van der Waals surface area contributed by atoms with Crippen LogP contribution in [-0.4, -0.2) is 15.7 Å². The second-order valence-electron chi connectivity index (χ2n) is 5.25. The van der Waals surface area contributed by atoms with Crippen molar-refractivity contribution in [3.05, 3.63) is 76.4 Å². The average Bonchev–Trinajstić information content (AvgIpc) is 2.99. The molecular formula is C18H16BrN3O2. The number of aryl methyl sites for hydroxylation is 1. The van der Waals surface area contributed by atoms with Crippen molar-refractivity contribution in [1.82, 2.24) is 9.78 Å². The van der Waals surface area contributed by atoms with Crippen LogP contribution in [0.15, 0.2) is 65.3 Å². The maximum Gasteiger partial charge on any atom is 0.256 e. The highest BCUT2D eigenvalue weighted by atomic mass is 79.9. The second-order valence-corrected chi connectivity index (χ2v) is 6.10. The fraction of sp³-hybridized carbons (Fsp3) is 0.111. The number of hydrogen-bond acceptors (Lipinski definition) is 3. The number of carbonyl (C=O) groups is 1. The molecule has 0 atom stereocenters. The molecule has 0 radical (unpaired) electrons. The fourth-order valence-electron chi connectivity index (χ4n) is 2.20. The third-order valence-corrected chi connectivity index (χ3v) is 4.03. The number of carbonyl (C=O) groups excluding carboxylic acids is 1. The highest BCUT2D eigenvalue weighted by Crippen LogP contribution is 2.24. The largest absolute Gasteiger partial charge is 0.488 e. The molecule has 3 rings (SSSR count). The van der Waals surface area contributed by atoms with Gasteiger partial charge in [0, 0.05) is 24.9 Å². The van der Waals surface area contributed by atoms with E-state index in [4.69, 9.17) is 4.74 Å². The molecular weight excluding hydrogens is 370 g/mol. The van der Waals surface area contributed by atoms with Crippen molar-refractivity contribution >= 4 is 27.7 Å². The molecule has 3 aromatic rings. The number of halogens is 1. The Labute approximate surface area is 148 Å². The van der Waals surface area contributed by atoms with E-state index in [1.807, 2.05) is 42.5 Å². The molecule has 5 nitrogen and oxygen atoms in total. The first kappa shape index (κ1) is 16.3. The number of nitrogens with one attached hydrogen (secondary N) is 1. The maximum absolute atomic E-state index is 12.3. The van der Waals surface area contributed by atoms with E-state index in [1.165, 1.54) is 0 Å². The number of nitrogens with zero attached hydrogens (tertiary/aromatic N) is 2. The van der Waals surface area contributed by atoms with E-state index in [0.29, 0.717) is 18.0 Å². The van der Waals surface area contributed by atoms with Gasteiger partial charge in [0.15, 0.2) is 5.82 Å². The minimum absolute atomic E-state index is 0.198. The topological polar surface area (TPSA) is 56.2 Å². The molecule has 1 amide bonds. The molecule has 0 aliphatic heterocycles. The van der Waals surface area contributed by atoms with Gasteiger partial charge in [0.05, 0.1) is 4.47 Å². The zero-order valence-electron chi connectivity index (χ0n) is 13.1. The van der Waals surface area contributed by atoms with E-state index in [2.05, 4.69) is 26.3 Å². The zero-order chi connectivity index (χ0) is 16.9.